The van der Waals surface area contributed by atoms with Gasteiger partial charge in [0.1, 0.15) is 6.42 Å². The fourth-order valence-corrected chi connectivity index (χ4v) is 0.458. The van der Waals surface area contributed by atoms with Crippen molar-refractivity contribution in [2.45, 2.75) is 18.7 Å². The zero-order valence-electron chi connectivity index (χ0n) is 6.20. The zero-order valence-corrected chi connectivity index (χ0v) is 6.20. The van der Waals surface area contributed by atoms with E-state index in [2.05, 4.69) is 11.3 Å². The molecule has 0 radical (unpaired) electrons. The van der Waals surface area contributed by atoms with Crippen molar-refractivity contribution in [2.24, 2.45) is 0 Å². The number of rotatable bonds is 3. The van der Waals surface area contributed by atoms with E-state index in [1.165, 1.54) is 0 Å². The molecule has 0 spiro atoms. The summed E-state index contributed by atoms with van der Waals surface area (Å²) in [6.07, 6.45) is -11.8. The summed E-state index contributed by atoms with van der Waals surface area (Å²) < 4.78 is 61.7. The third kappa shape index (κ3) is 6.06. The summed E-state index contributed by atoms with van der Waals surface area (Å²) in [5.41, 5.74) is 0. The summed E-state index contributed by atoms with van der Waals surface area (Å²) in [7, 11) is 0. The molecular weight excluding hydrogens is 199 g/mol. The highest BCUT2D eigenvalue weighted by Crippen LogP contribution is 2.32. The first-order chi connectivity index (χ1) is 5.66. The summed E-state index contributed by atoms with van der Waals surface area (Å²) in [6.45, 7) is 2.75. The fourth-order valence-electron chi connectivity index (χ4n) is 0.458. The van der Waals surface area contributed by atoms with Crippen LogP contribution in [-0.4, -0.2) is 18.3 Å². The topological polar surface area (TPSA) is 26.3 Å². The van der Waals surface area contributed by atoms with Gasteiger partial charge in [-0.1, -0.05) is 6.58 Å². The summed E-state index contributed by atoms with van der Waals surface area (Å²) in [4.78, 5) is 10.1. The van der Waals surface area contributed by atoms with Crippen molar-refractivity contribution in [2.75, 3.05) is 0 Å². The molecule has 7 heteroatoms. The van der Waals surface area contributed by atoms with Crippen LogP contribution in [0.2, 0.25) is 0 Å². The van der Waals surface area contributed by atoms with Crippen LogP contribution in [0.4, 0.5) is 22.0 Å². The third-order valence-corrected chi connectivity index (χ3v) is 0.823. The first-order valence-corrected chi connectivity index (χ1v) is 2.96. The van der Waals surface area contributed by atoms with Crippen LogP contribution >= 0.6 is 0 Å². The molecule has 0 rings (SSSR count). The minimum absolute atomic E-state index is 0.351. The molecule has 0 aliphatic carbocycles. The van der Waals surface area contributed by atoms with Crippen LogP contribution < -0.4 is 0 Å². The van der Waals surface area contributed by atoms with Gasteiger partial charge in [0.25, 0.3) is 0 Å². The second-order valence-electron chi connectivity index (χ2n) is 2.05. The molecule has 0 aromatic heterocycles. The van der Waals surface area contributed by atoms with Gasteiger partial charge in [0.2, 0.25) is 0 Å². The maximum absolute atomic E-state index is 12.1. The normalized spacial score (nSPS) is 12.4. The summed E-state index contributed by atoms with van der Waals surface area (Å²) in [5, 5.41) is 0. The minimum atomic E-state index is -5.09. The van der Waals surface area contributed by atoms with Gasteiger partial charge in [0.15, 0.2) is 0 Å². The number of carbonyl (C=O) groups is 1. The molecule has 0 atom stereocenters. The van der Waals surface area contributed by atoms with Gasteiger partial charge in [-0.2, -0.15) is 22.0 Å². The monoisotopic (exact) mass is 204 g/mol. The highest BCUT2D eigenvalue weighted by molar-refractivity contribution is 5.81. The number of halogens is 5. The van der Waals surface area contributed by atoms with Crippen LogP contribution in [-0.2, 0) is 9.53 Å². The predicted molar refractivity (Wildman–Crippen MR) is 31.9 cm³/mol. The molecular formula is C6H5F5O2. The average Bonchev–Trinajstić information content (AvgIpc) is 1.80. The molecule has 0 aliphatic heterocycles. The quantitative estimate of drug-likeness (QED) is 0.400. The molecule has 13 heavy (non-hydrogen) atoms. The van der Waals surface area contributed by atoms with E-state index in [0.29, 0.717) is 6.08 Å². The molecule has 0 unspecified atom stereocenters. The van der Waals surface area contributed by atoms with Crippen LogP contribution in [0.3, 0.4) is 0 Å². The first-order valence-electron chi connectivity index (χ1n) is 2.96. The maximum Gasteiger partial charge on any atom is 0.408 e. The van der Waals surface area contributed by atoms with Gasteiger partial charge in [-0.3, -0.25) is 0 Å². The number of hydrogen-bond acceptors (Lipinski definition) is 2. The average molecular weight is 204 g/mol. The molecule has 0 aromatic carbocycles. The molecule has 0 aromatic rings. The molecule has 0 saturated heterocycles. The maximum atomic E-state index is 12.1. The van der Waals surface area contributed by atoms with Crippen LogP contribution in [0, 0.1) is 0 Å². The predicted octanol–water partition coefficient (Wildman–Crippen LogP) is 2.26. The number of carbonyl (C=O) groups excluding carboxylic acids is 1. The lowest BCUT2D eigenvalue weighted by Gasteiger charge is -2.16. The Morgan fingerprint density at radius 2 is 1.77 bits per heavy atom. The molecule has 0 bridgehead atoms. The van der Waals surface area contributed by atoms with Gasteiger partial charge >= 0.3 is 18.3 Å². The van der Waals surface area contributed by atoms with E-state index >= 15 is 0 Å². The molecule has 0 heterocycles. The largest absolute Gasteiger partial charge is 0.408 e. The Labute approximate surface area is 70.0 Å². The smallest absolute Gasteiger partial charge is 0.397 e. The lowest BCUT2D eigenvalue weighted by Crippen LogP contribution is -2.30. The lowest BCUT2D eigenvalue weighted by atomic mass is 10.4. The molecule has 0 aliphatic rings. The highest BCUT2D eigenvalue weighted by Gasteiger charge is 2.46. The van der Waals surface area contributed by atoms with Gasteiger partial charge in [0.05, 0.1) is 0 Å². The Bertz CT molecular complexity index is 208. The van der Waals surface area contributed by atoms with Crippen molar-refractivity contribution in [3.8, 4) is 0 Å². The van der Waals surface area contributed by atoms with E-state index in [-0.39, 0.29) is 0 Å². The molecule has 2 nitrogen and oxygen atoms in total. The second-order valence-corrected chi connectivity index (χ2v) is 2.05. The number of esters is 1. The van der Waals surface area contributed by atoms with Crippen LogP contribution in [0.25, 0.3) is 0 Å². The van der Waals surface area contributed by atoms with Crippen LogP contribution in [0.15, 0.2) is 12.7 Å². The Kier molecular flexibility index (Phi) is 3.39. The minimum Gasteiger partial charge on any atom is -0.397 e. The second kappa shape index (κ2) is 3.71. The molecule has 0 amide bonds. The van der Waals surface area contributed by atoms with Crippen molar-refractivity contribution in [3.63, 3.8) is 0 Å². The number of alkyl halides is 5. The van der Waals surface area contributed by atoms with Crippen molar-refractivity contribution in [1.82, 2.24) is 0 Å². The SMILES string of the molecule is C=CC(=O)OC(F)(F)CC(F)(F)F. The Balaban J connectivity index is 4.24. The van der Waals surface area contributed by atoms with E-state index < -0.39 is 24.7 Å². The summed E-state index contributed by atoms with van der Waals surface area (Å²) in [5.74, 6) is -1.60. The Morgan fingerprint density at radius 3 is 2.08 bits per heavy atom. The van der Waals surface area contributed by atoms with E-state index in [1.54, 1.807) is 0 Å². The number of ether oxygens (including phenoxy) is 1. The lowest BCUT2D eigenvalue weighted by molar-refractivity contribution is -0.277. The highest BCUT2D eigenvalue weighted by atomic mass is 19.4. The summed E-state index contributed by atoms with van der Waals surface area (Å²) in [6, 6.07) is 0. The van der Waals surface area contributed by atoms with Crippen molar-refractivity contribution in [3.05, 3.63) is 12.7 Å². The van der Waals surface area contributed by atoms with E-state index in [4.69, 9.17) is 0 Å². The fraction of sp³-hybridized carbons (Fsp3) is 0.500. The standard InChI is InChI=1S/C6H5F5O2/c1-2-4(12)13-6(10,11)3-5(7,8)9/h2H,1,3H2. The summed E-state index contributed by atoms with van der Waals surface area (Å²) >= 11 is 0. The third-order valence-electron chi connectivity index (χ3n) is 0.823. The molecule has 0 N–H and O–H groups in total. The van der Waals surface area contributed by atoms with Gasteiger partial charge in [-0.05, 0) is 0 Å². The van der Waals surface area contributed by atoms with Gasteiger partial charge in [0, 0.05) is 6.08 Å². The first kappa shape index (κ1) is 11.9. The van der Waals surface area contributed by atoms with Crippen LogP contribution in [0.5, 0.6) is 0 Å². The van der Waals surface area contributed by atoms with Crippen molar-refractivity contribution >= 4 is 5.97 Å². The molecule has 0 fully saturated rings. The van der Waals surface area contributed by atoms with Gasteiger partial charge in [-0.25, -0.2) is 4.79 Å². The van der Waals surface area contributed by atoms with Crippen molar-refractivity contribution in [1.29, 1.82) is 0 Å². The van der Waals surface area contributed by atoms with E-state index in [1.807, 2.05) is 0 Å². The zero-order chi connectivity index (χ0) is 10.7. The van der Waals surface area contributed by atoms with Gasteiger partial charge in [-0.15, -0.1) is 0 Å². The van der Waals surface area contributed by atoms with Gasteiger partial charge < -0.3 is 4.74 Å². The number of hydrogen-bond donors (Lipinski definition) is 0. The van der Waals surface area contributed by atoms with E-state index in [0.717, 1.165) is 0 Å². The van der Waals surface area contributed by atoms with Crippen molar-refractivity contribution < 1.29 is 31.5 Å². The Morgan fingerprint density at radius 1 is 1.31 bits per heavy atom. The Hall–Kier alpha value is -1.14. The van der Waals surface area contributed by atoms with E-state index in [9.17, 15) is 26.7 Å². The molecule has 0 saturated carbocycles. The van der Waals surface area contributed by atoms with Crippen LogP contribution in [0.1, 0.15) is 6.42 Å². The molecule has 76 valence electrons.